The van der Waals surface area contributed by atoms with E-state index in [0.29, 0.717) is 13.0 Å². The Morgan fingerprint density at radius 1 is 0.667 bits per heavy atom. The van der Waals surface area contributed by atoms with Gasteiger partial charge >= 0.3 is 11.9 Å². The van der Waals surface area contributed by atoms with Gasteiger partial charge in [-0.05, 0) is 19.3 Å². The van der Waals surface area contributed by atoms with Crippen LogP contribution in [0.3, 0.4) is 0 Å². The van der Waals surface area contributed by atoms with Crippen molar-refractivity contribution in [3.05, 3.63) is 0 Å². The standard InChI is InChI=1S/C27H51NO5/c1-3-5-7-9-10-11-12-13-14-15-16-17-18-20-25(29)28-24(21-22-26(30)31)27(32)33-23-19-8-6-4-2/h24H,3-23H2,1-2H3,(H,28,29)(H,30,31)/t24-/m0/s1. The van der Waals surface area contributed by atoms with E-state index in [4.69, 9.17) is 9.84 Å². The first-order valence-electron chi connectivity index (χ1n) is 13.7. The molecule has 0 aliphatic carbocycles. The first-order valence-corrected chi connectivity index (χ1v) is 13.7. The van der Waals surface area contributed by atoms with E-state index < -0.39 is 18.0 Å². The maximum atomic E-state index is 12.3. The Morgan fingerprint density at radius 3 is 1.61 bits per heavy atom. The number of esters is 1. The third-order valence-corrected chi connectivity index (χ3v) is 6.02. The summed E-state index contributed by atoms with van der Waals surface area (Å²) in [7, 11) is 0. The molecule has 33 heavy (non-hydrogen) atoms. The number of amides is 1. The summed E-state index contributed by atoms with van der Waals surface area (Å²) in [5.74, 6) is -1.70. The molecule has 2 N–H and O–H groups in total. The number of carboxylic acid groups (broad SMARTS) is 1. The zero-order chi connectivity index (χ0) is 24.6. The number of hydrogen-bond acceptors (Lipinski definition) is 4. The lowest BCUT2D eigenvalue weighted by atomic mass is 10.0. The quantitative estimate of drug-likeness (QED) is 0.118. The van der Waals surface area contributed by atoms with Crippen LogP contribution in [0.25, 0.3) is 0 Å². The molecule has 194 valence electrons. The normalized spacial score (nSPS) is 11.8. The van der Waals surface area contributed by atoms with E-state index in [2.05, 4.69) is 19.2 Å². The van der Waals surface area contributed by atoms with Gasteiger partial charge in [0.1, 0.15) is 6.04 Å². The van der Waals surface area contributed by atoms with Gasteiger partial charge in [0, 0.05) is 12.8 Å². The number of carbonyl (C=O) groups excluding carboxylic acids is 2. The lowest BCUT2D eigenvalue weighted by Gasteiger charge is -2.17. The van der Waals surface area contributed by atoms with Gasteiger partial charge in [-0.3, -0.25) is 9.59 Å². The van der Waals surface area contributed by atoms with Crippen LogP contribution in [0, 0.1) is 0 Å². The van der Waals surface area contributed by atoms with E-state index in [0.717, 1.165) is 44.9 Å². The molecule has 6 heteroatoms. The average molecular weight is 470 g/mol. The van der Waals surface area contributed by atoms with Crippen LogP contribution in [-0.4, -0.2) is 35.6 Å². The highest BCUT2D eigenvalue weighted by atomic mass is 16.5. The fourth-order valence-corrected chi connectivity index (χ4v) is 3.89. The van der Waals surface area contributed by atoms with Crippen molar-refractivity contribution in [2.24, 2.45) is 0 Å². The van der Waals surface area contributed by atoms with Crippen LogP contribution in [0.2, 0.25) is 0 Å². The van der Waals surface area contributed by atoms with Gasteiger partial charge in [-0.15, -0.1) is 0 Å². The summed E-state index contributed by atoms with van der Waals surface area (Å²) in [6, 6.07) is -0.873. The van der Waals surface area contributed by atoms with Crippen molar-refractivity contribution in [2.75, 3.05) is 6.61 Å². The highest BCUT2D eigenvalue weighted by molar-refractivity contribution is 5.84. The van der Waals surface area contributed by atoms with Crippen LogP contribution in [0.5, 0.6) is 0 Å². The Kier molecular flexibility index (Phi) is 22.4. The fraction of sp³-hybridized carbons (Fsp3) is 0.889. The van der Waals surface area contributed by atoms with E-state index in [1.165, 1.54) is 64.2 Å². The zero-order valence-electron chi connectivity index (χ0n) is 21.5. The van der Waals surface area contributed by atoms with Gasteiger partial charge in [-0.2, -0.15) is 0 Å². The van der Waals surface area contributed by atoms with Crippen molar-refractivity contribution in [3.8, 4) is 0 Å². The van der Waals surface area contributed by atoms with Crippen LogP contribution < -0.4 is 5.32 Å². The van der Waals surface area contributed by atoms with Crippen molar-refractivity contribution in [1.82, 2.24) is 5.32 Å². The van der Waals surface area contributed by atoms with Crippen LogP contribution >= 0.6 is 0 Å². The first-order chi connectivity index (χ1) is 16.0. The first kappa shape index (κ1) is 31.4. The summed E-state index contributed by atoms with van der Waals surface area (Å²) < 4.78 is 5.26. The summed E-state index contributed by atoms with van der Waals surface area (Å²) in [6.07, 6.45) is 20.4. The SMILES string of the molecule is CCCCCCCCCCCCCCCC(=O)N[C@@H](CCC(=O)O)C(=O)OCCCCCC. The molecule has 0 bridgehead atoms. The molecule has 0 radical (unpaired) electrons. The molecule has 0 unspecified atom stereocenters. The van der Waals surface area contributed by atoms with Gasteiger partial charge in [0.15, 0.2) is 0 Å². The molecule has 0 saturated heterocycles. The fourth-order valence-electron chi connectivity index (χ4n) is 3.89. The van der Waals surface area contributed by atoms with Gasteiger partial charge < -0.3 is 15.2 Å². The molecule has 0 aromatic carbocycles. The Labute approximate surface area is 202 Å². The van der Waals surface area contributed by atoms with Gasteiger partial charge in [0.05, 0.1) is 6.61 Å². The second-order valence-electron chi connectivity index (χ2n) is 9.27. The topological polar surface area (TPSA) is 92.7 Å². The minimum absolute atomic E-state index is 0.0630. The second kappa shape index (κ2) is 23.6. The predicted molar refractivity (Wildman–Crippen MR) is 134 cm³/mol. The molecule has 1 amide bonds. The number of ether oxygens (including phenoxy) is 1. The Hall–Kier alpha value is -1.59. The van der Waals surface area contributed by atoms with E-state index in [1.54, 1.807) is 0 Å². The highest BCUT2D eigenvalue weighted by Gasteiger charge is 2.23. The molecule has 0 saturated carbocycles. The third-order valence-electron chi connectivity index (χ3n) is 6.02. The second-order valence-corrected chi connectivity index (χ2v) is 9.27. The molecule has 0 aromatic rings. The summed E-state index contributed by atoms with van der Waals surface area (Å²) in [5, 5.41) is 11.6. The predicted octanol–water partition coefficient (Wildman–Crippen LogP) is 6.94. The van der Waals surface area contributed by atoms with Crippen LogP contribution in [0.4, 0.5) is 0 Å². The number of hydrogen-bond donors (Lipinski definition) is 2. The van der Waals surface area contributed by atoms with Crippen LogP contribution in [0.1, 0.15) is 142 Å². The molecule has 0 aliphatic rings. The van der Waals surface area contributed by atoms with E-state index in [1.807, 2.05) is 0 Å². The minimum atomic E-state index is -0.985. The van der Waals surface area contributed by atoms with Gasteiger partial charge in [0.2, 0.25) is 5.91 Å². The van der Waals surface area contributed by atoms with Crippen LogP contribution in [0.15, 0.2) is 0 Å². The maximum absolute atomic E-state index is 12.3. The summed E-state index contributed by atoms with van der Waals surface area (Å²) in [6.45, 7) is 4.68. The Morgan fingerprint density at radius 2 is 1.12 bits per heavy atom. The van der Waals surface area contributed by atoms with E-state index in [-0.39, 0.29) is 18.7 Å². The Balaban J connectivity index is 3.88. The molecule has 6 nitrogen and oxygen atoms in total. The number of unbranched alkanes of at least 4 members (excludes halogenated alkanes) is 15. The number of rotatable bonds is 24. The maximum Gasteiger partial charge on any atom is 0.328 e. The molecule has 0 rings (SSSR count). The number of aliphatic carboxylic acids is 1. The number of carboxylic acids is 1. The average Bonchev–Trinajstić information content (AvgIpc) is 2.79. The van der Waals surface area contributed by atoms with Gasteiger partial charge in [0.25, 0.3) is 0 Å². The number of carbonyl (C=O) groups is 3. The van der Waals surface area contributed by atoms with Crippen LogP contribution in [-0.2, 0) is 19.1 Å². The molecule has 0 aromatic heterocycles. The molecule has 0 aliphatic heterocycles. The van der Waals surface area contributed by atoms with Crippen molar-refractivity contribution in [1.29, 1.82) is 0 Å². The van der Waals surface area contributed by atoms with Gasteiger partial charge in [-0.25, -0.2) is 4.79 Å². The van der Waals surface area contributed by atoms with Crippen molar-refractivity contribution in [3.63, 3.8) is 0 Å². The van der Waals surface area contributed by atoms with E-state index >= 15 is 0 Å². The van der Waals surface area contributed by atoms with Crippen molar-refractivity contribution in [2.45, 2.75) is 148 Å². The molecule has 0 heterocycles. The minimum Gasteiger partial charge on any atom is -0.481 e. The smallest absolute Gasteiger partial charge is 0.328 e. The lowest BCUT2D eigenvalue weighted by Crippen LogP contribution is -2.42. The lowest BCUT2D eigenvalue weighted by molar-refractivity contribution is -0.148. The van der Waals surface area contributed by atoms with Gasteiger partial charge in [-0.1, -0.05) is 110 Å². The van der Waals surface area contributed by atoms with Crippen molar-refractivity contribution >= 4 is 17.8 Å². The summed E-state index contributed by atoms with van der Waals surface area (Å²) in [5.41, 5.74) is 0. The zero-order valence-corrected chi connectivity index (χ0v) is 21.5. The molecule has 0 spiro atoms. The molecular weight excluding hydrogens is 418 g/mol. The monoisotopic (exact) mass is 469 g/mol. The molecule has 0 fully saturated rings. The number of nitrogens with one attached hydrogen (secondary N) is 1. The summed E-state index contributed by atoms with van der Waals surface area (Å²) in [4.78, 5) is 35.4. The largest absolute Gasteiger partial charge is 0.481 e. The third kappa shape index (κ3) is 22.0. The molecule has 1 atom stereocenters. The Bertz CT molecular complexity index is 495. The molecular formula is C27H51NO5. The van der Waals surface area contributed by atoms with E-state index in [9.17, 15) is 14.4 Å². The highest BCUT2D eigenvalue weighted by Crippen LogP contribution is 2.13. The summed E-state index contributed by atoms with van der Waals surface area (Å²) >= 11 is 0. The van der Waals surface area contributed by atoms with Crippen molar-refractivity contribution < 1.29 is 24.2 Å².